The van der Waals surface area contributed by atoms with Gasteiger partial charge in [0, 0.05) is 22.9 Å². The van der Waals surface area contributed by atoms with Crippen molar-refractivity contribution in [2.45, 2.75) is 19.1 Å². The second-order valence-electron chi connectivity index (χ2n) is 8.54. The summed E-state index contributed by atoms with van der Waals surface area (Å²) < 4.78 is 14.4. The number of nitrogens with one attached hydrogen (secondary N) is 1. The van der Waals surface area contributed by atoms with Gasteiger partial charge in [-0.15, -0.1) is 0 Å². The number of ether oxygens (including phenoxy) is 1. The molecule has 0 bridgehead atoms. The van der Waals surface area contributed by atoms with Crippen LogP contribution in [0.25, 0.3) is 17.0 Å². The minimum absolute atomic E-state index is 0.00395. The van der Waals surface area contributed by atoms with Gasteiger partial charge in [0.15, 0.2) is 6.23 Å². The number of carbonyl (C=O) groups excluding carboxylic acids is 2. The molecule has 0 unspecified atom stereocenters. The highest BCUT2D eigenvalue weighted by molar-refractivity contribution is 9.10. The lowest BCUT2D eigenvalue weighted by atomic mass is 10.1. The van der Waals surface area contributed by atoms with Gasteiger partial charge in [-0.1, -0.05) is 28.1 Å². The number of anilines is 1. The molecule has 1 atom stereocenters. The molecule has 0 spiro atoms. The number of fused-ring (bicyclic) bond motifs is 1. The fourth-order valence-electron chi connectivity index (χ4n) is 4.53. The molecule has 0 aliphatic carbocycles. The lowest BCUT2D eigenvalue weighted by Gasteiger charge is -2.22. The number of hydrogen-bond acceptors (Lipinski definition) is 5. The van der Waals surface area contributed by atoms with Gasteiger partial charge in [-0.25, -0.2) is 4.68 Å². The Morgan fingerprint density at radius 1 is 1.11 bits per heavy atom. The van der Waals surface area contributed by atoms with E-state index in [2.05, 4.69) is 21.2 Å². The van der Waals surface area contributed by atoms with Crippen LogP contribution in [0.4, 0.5) is 5.69 Å². The third-order valence-corrected chi connectivity index (χ3v) is 6.79. The van der Waals surface area contributed by atoms with Crippen LogP contribution in [-0.2, 0) is 27.2 Å². The van der Waals surface area contributed by atoms with Crippen LogP contribution in [0.15, 0.2) is 75.9 Å². The van der Waals surface area contributed by atoms with Gasteiger partial charge in [0.25, 0.3) is 5.91 Å². The van der Waals surface area contributed by atoms with E-state index >= 15 is 0 Å². The molecule has 2 aromatic carbocycles. The molecule has 0 radical (unpaired) electrons. The smallest absolute Gasteiger partial charge is 0.251 e. The van der Waals surface area contributed by atoms with Gasteiger partial charge in [-0.2, -0.15) is 5.10 Å². The van der Waals surface area contributed by atoms with Crippen LogP contribution in [0, 0.1) is 0 Å². The van der Waals surface area contributed by atoms with Crippen molar-refractivity contribution in [3.63, 3.8) is 0 Å². The summed E-state index contributed by atoms with van der Waals surface area (Å²) in [4.78, 5) is 26.2. The largest absolute Gasteiger partial charge is 0.464 e. The van der Waals surface area contributed by atoms with Crippen LogP contribution < -0.4 is 5.32 Å². The summed E-state index contributed by atoms with van der Waals surface area (Å²) in [6, 6.07) is 17.4. The van der Waals surface area contributed by atoms with Crippen molar-refractivity contribution < 1.29 is 18.7 Å². The summed E-state index contributed by atoms with van der Waals surface area (Å²) in [5, 5.41) is 7.67. The molecule has 1 saturated heterocycles. The maximum absolute atomic E-state index is 12.8. The topological polar surface area (TPSA) is 89.6 Å². The fourth-order valence-corrected chi connectivity index (χ4v) is 4.79. The number of carbonyl (C=O) groups is 2. The Morgan fingerprint density at radius 2 is 1.97 bits per heavy atom. The first-order valence-corrected chi connectivity index (χ1v) is 12.1. The average molecular weight is 533 g/mol. The van der Waals surface area contributed by atoms with E-state index in [1.165, 1.54) is 0 Å². The quantitative estimate of drug-likeness (QED) is 0.395. The van der Waals surface area contributed by atoms with Crippen LogP contribution in [-0.4, -0.2) is 39.6 Å². The van der Waals surface area contributed by atoms with Crippen molar-refractivity contribution in [2.75, 3.05) is 18.5 Å². The predicted molar refractivity (Wildman–Crippen MR) is 132 cm³/mol. The third-order valence-electron chi connectivity index (χ3n) is 6.26. The molecule has 9 heteroatoms. The second-order valence-corrected chi connectivity index (χ2v) is 9.46. The molecule has 2 aliphatic heterocycles. The predicted octanol–water partition coefficient (Wildman–Crippen LogP) is 4.49. The molecule has 4 heterocycles. The second kappa shape index (κ2) is 8.83. The summed E-state index contributed by atoms with van der Waals surface area (Å²) >= 11 is 3.46. The van der Waals surface area contributed by atoms with Crippen molar-refractivity contribution in [1.82, 2.24) is 14.7 Å². The zero-order valence-corrected chi connectivity index (χ0v) is 20.2. The summed E-state index contributed by atoms with van der Waals surface area (Å²) in [5.41, 5.74) is 5.18. The minimum Gasteiger partial charge on any atom is -0.464 e. The Balaban J connectivity index is 1.30. The van der Waals surface area contributed by atoms with Gasteiger partial charge in [0.1, 0.15) is 18.1 Å². The van der Waals surface area contributed by atoms with Crippen LogP contribution in [0.1, 0.15) is 23.0 Å². The minimum atomic E-state index is -0.628. The van der Waals surface area contributed by atoms with E-state index in [0.29, 0.717) is 30.8 Å². The van der Waals surface area contributed by atoms with Gasteiger partial charge >= 0.3 is 0 Å². The van der Waals surface area contributed by atoms with E-state index in [1.54, 1.807) is 15.8 Å². The van der Waals surface area contributed by atoms with Crippen molar-refractivity contribution in [3.05, 3.63) is 88.4 Å². The number of furan rings is 1. The Kier molecular flexibility index (Phi) is 5.50. The SMILES string of the molecule is O=C1Cc2cc(CCN3C(=O)CO[C@H]3c3nn(-c4ccc(Br)cc4)cc3-c3ccco3)ccc2N1. The highest BCUT2D eigenvalue weighted by Crippen LogP contribution is 2.35. The summed E-state index contributed by atoms with van der Waals surface area (Å²) in [5.74, 6) is 0.575. The molecular weight excluding hydrogens is 512 g/mol. The first kappa shape index (κ1) is 21.8. The Hall–Kier alpha value is -3.69. The van der Waals surface area contributed by atoms with E-state index < -0.39 is 6.23 Å². The number of halogens is 1. The Morgan fingerprint density at radius 3 is 2.77 bits per heavy atom. The number of rotatable bonds is 6. The summed E-state index contributed by atoms with van der Waals surface area (Å²) in [7, 11) is 0. The lowest BCUT2D eigenvalue weighted by molar-refractivity contribution is -0.128. The highest BCUT2D eigenvalue weighted by Gasteiger charge is 2.37. The van der Waals surface area contributed by atoms with Gasteiger partial charge in [0.05, 0.1) is 23.9 Å². The first-order valence-electron chi connectivity index (χ1n) is 11.3. The zero-order chi connectivity index (χ0) is 23.9. The van der Waals surface area contributed by atoms with Crippen LogP contribution in [0.2, 0.25) is 0 Å². The fraction of sp³-hybridized carbons (Fsp3) is 0.192. The zero-order valence-electron chi connectivity index (χ0n) is 18.6. The number of aromatic nitrogens is 2. The molecule has 35 heavy (non-hydrogen) atoms. The molecule has 1 N–H and O–H groups in total. The molecule has 1 fully saturated rings. The van der Waals surface area contributed by atoms with Gasteiger partial charge < -0.3 is 19.4 Å². The number of nitrogens with zero attached hydrogens (tertiary/aromatic N) is 3. The van der Waals surface area contributed by atoms with Gasteiger partial charge in [0.2, 0.25) is 5.91 Å². The van der Waals surface area contributed by atoms with E-state index in [-0.39, 0.29) is 18.4 Å². The number of amides is 2. The van der Waals surface area contributed by atoms with Crippen molar-refractivity contribution >= 4 is 33.4 Å². The molecule has 0 saturated carbocycles. The third kappa shape index (κ3) is 4.17. The summed E-state index contributed by atoms with van der Waals surface area (Å²) in [6.45, 7) is 0.461. The molecule has 2 aliphatic rings. The van der Waals surface area contributed by atoms with E-state index in [4.69, 9.17) is 14.3 Å². The van der Waals surface area contributed by atoms with Crippen molar-refractivity contribution in [2.24, 2.45) is 0 Å². The molecular formula is C26H21BrN4O4. The van der Waals surface area contributed by atoms with E-state index in [9.17, 15) is 9.59 Å². The van der Waals surface area contributed by atoms with Crippen LogP contribution in [0.3, 0.4) is 0 Å². The Labute approximate surface area is 209 Å². The number of hydrogen-bond donors (Lipinski definition) is 1. The standard InChI is InChI=1S/C26H21BrN4O4/c27-18-4-6-19(7-5-18)31-14-20(22-2-1-11-34-22)25(29-31)26-30(24(33)15-35-26)10-9-16-3-8-21-17(12-16)13-23(32)28-21/h1-8,11-12,14,26H,9-10,13,15H2,(H,28,32)/t26-/m0/s1. The maximum Gasteiger partial charge on any atom is 0.251 e. The molecule has 2 aromatic heterocycles. The molecule has 176 valence electrons. The lowest BCUT2D eigenvalue weighted by Crippen LogP contribution is -2.31. The van der Waals surface area contributed by atoms with Crippen molar-refractivity contribution in [1.29, 1.82) is 0 Å². The molecule has 8 nitrogen and oxygen atoms in total. The van der Waals surface area contributed by atoms with Gasteiger partial charge in [-0.05, 0) is 60.0 Å². The molecule has 2 amide bonds. The van der Waals surface area contributed by atoms with E-state index in [1.807, 2.05) is 60.8 Å². The van der Waals surface area contributed by atoms with Crippen LogP contribution in [0.5, 0.6) is 0 Å². The molecule has 4 aromatic rings. The monoisotopic (exact) mass is 532 g/mol. The highest BCUT2D eigenvalue weighted by atomic mass is 79.9. The van der Waals surface area contributed by atoms with Gasteiger partial charge in [-0.3, -0.25) is 9.59 Å². The first-order chi connectivity index (χ1) is 17.0. The van der Waals surface area contributed by atoms with Crippen LogP contribution >= 0.6 is 15.9 Å². The maximum atomic E-state index is 12.8. The van der Waals surface area contributed by atoms with E-state index in [0.717, 1.165) is 32.5 Å². The van der Waals surface area contributed by atoms with Crippen molar-refractivity contribution in [3.8, 4) is 17.0 Å². The average Bonchev–Trinajstić information content (AvgIpc) is 3.63. The summed E-state index contributed by atoms with van der Waals surface area (Å²) in [6.07, 6.45) is 3.90. The Bertz CT molecular complexity index is 1410. The molecule has 6 rings (SSSR count). The normalized spacial score (nSPS) is 17.2. The number of benzene rings is 2.